The molecule has 0 aliphatic carbocycles. The predicted octanol–water partition coefficient (Wildman–Crippen LogP) is 3.96. The molecule has 6 heteroatoms. The van der Waals surface area contributed by atoms with E-state index in [0.29, 0.717) is 10.7 Å². The zero-order chi connectivity index (χ0) is 15.7. The van der Waals surface area contributed by atoms with Gasteiger partial charge < -0.3 is 0 Å². The summed E-state index contributed by atoms with van der Waals surface area (Å²) in [5, 5.41) is 15.8. The minimum absolute atomic E-state index is 0.0477. The van der Waals surface area contributed by atoms with E-state index in [1.807, 2.05) is 31.2 Å². The molecule has 0 fully saturated rings. The van der Waals surface area contributed by atoms with Crippen LogP contribution in [-0.4, -0.2) is 10.6 Å². The van der Waals surface area contributed by atoms with Gasteiger partial charge in [-0.15, -0.1) is 0 Å². The Labute approximate surface area is 132 Å². The lowest BCUT2D eigenvalue weighted by molar-refractivity contribution is -0.384. The lowest BCUT2D eigenvalue weighted by Gasteiger charge is -2.09. The van der Waals surface area contributed by atoms with E-state index in [2.05, 4.69) is 10.5 Å². The molecular formula is C16H12ClN3O2. The molecule has 1 heterocycles. The van der Waals surface area contributed by atoms with Crippen molar-refractivity contribution in [1.82, 2.24) is 5.43 Å². The molecule has 3 rings (SSSR count). The van der Waals surface area contributed by atoms with Gasteiger partial charge in [-0.2, -0.15) is 5.10 Å². The second kappa shape index (κ2) is 5.61. The maximum atomic E-state index is 10.8. The van der Waals surface area contributed by atoms with Crippen LogP contribution in [0, 0.1) is 10.1 Å². The quantitative estimate of drug-likeness (QED) is 0.674. The van der Waals surface area contributed by atoms with E-state index >= 15 is 0 Å². The van der Waals surface area contributed by atoms with Crippen molar-refractivity contribution in [2.75, 3.05) is 0 Å². The number of hydrogen-bond acceptors (Lipinski definition) is 4. The summed E-state index contributed by atoms with van der Waals surface area (Å²) in [4.78, 5) is 10.3. The van der Waals surface area contributed by atoms with Gasteiger partial charge in [-0.3, -0.25) is 15.5 Å². The lowest BCUT2D eigenvalue weighted by atomic mass is 9.97. The Morgan fingerprint density at radius 1 is 1.18 bits per heavy atom. The van der Waals surface area contributed by atoms with Gasteiger partial charge in [0.05, 0.1) is 10.6 Å². The molecule has 0 saturated heterocycles. The third kappa shape index (κ3) is 2.71. The van der Waals surface area contributed by atoms with E-state index in [0.717, 1.165) is 22.4 Å². The van der Waals surface area contributed by atoms with E-state index < -0.39 is 4.92 Å². The maximum Gasteiger partial charge on any atom is 0.269 e. The van der Waals surface area contributed by atoms with Crippen LogP contribution in [0.2, 0.25) is 5.02 Å². The molecule has 1 aliphatic heterocycles. The Morgan fingerprint density at radius 3 is 2.59 bits per heavy atom. The maximum absolute atomic E-state index is 10.8. The minimum Gasteiger partial charge on any atom is -0.282 e. The predicted molar refractivity (Wildman–Crippen MR) is 87.0 cm³/mol. The Bertz CT molecular complexity index is 811. The summed E-state index contributed by atoms with van der Waals surface area (Å²) in [5.41, 5.74) is 7.27. The molecule has 0 spiro atoms. The van der Waals surface area contributed by atoms with Crippen molar-refractivity contribution < 1.29 is 4.92 Å². The van der Waals surface area contributed by atoms with Gasteiger partial charge in [0.2, 0.25) is 0 Å². The molecule has 1 N–H and O–H groups in total. The largest absolute Gasteiger partial charge is 0.282 e. The average Bonchev–Trinajstić information content (AvgIpc) is 2.66. The monoisotopic (exact) mass is 313 g/mol. The molecule has 110 valence electrons. The van der Waals surface area contributed by atoms with E-state index in [9.17, 15) is 10.1 Å². The number of nitro benzene ring substituents is 1. The first-order valence-electron chi connectivity index (χ1n) is 6.61. The van der Waals surface area contributed by atoms with E-state index in [1.165, 1.54) is 12.1 Å². The summed E-state index contributed by atoms with van der Waals surface area (Å²) in [6, 6.07) is 11.9. The standard InChI is InChI=1S/C16H12ClN3O2/c1-10-8-12-2-5-13(17)9-15(12)16(19-18-10)11-3-6-14(7-4-11)20(21)22/h2-9,18H,1H3. The van der Waals surface area contributed by atoms with E-state index in [4.69, 9.17) is 11.6 Å². The SMILES string of the molecule is CC1=Cc2ccc(Cl)cc2C(c2ccc([N+](=O)[O-])cc2)=NN1. The molecule has 0 atom stereocenters. The second-order valence-electron chi connectivity index (χ2n) is 4.94. The molecule has 5 nitrogen and oxygen atoms in total. The lowest BCUT2D eigenvalue weighted by Crippen LogP contribution is -2.09. The van der Waals surface area contributed by atoms with E-state index in [1.54, 1.807) is 12.1 Å². The van der Waals surface area contributed by atoms with Gasteiger partial charge in [0.15, 0.2) is 0 Å². The summed E-state index contributed by atoms with van der Waals surface area (Å²) in [6.45, 7) is 1.92. The number of fused-ring (bicyclic) bond motifs is 1. The number of hydrazone groups is 1. The molecule has 2 aromatic rings. The van der Waals surface area contributed by atoms with Crippen molar-refractivity contribution in [3.63, 3.8) is 0 Å². The van der Waals surface area contributed by atoms with Crippen LogP contribution in [0.3, 0.4) is 0 Å². The van der Waals surface area contributed by atoms with Crippen molar-refractivity contribution >= 4 is 29.1 Å². The van der Waals surface area contributed by atoms with Crippen LogP contribution in [0.5, 0.6) is 0 Å². The van der Waals surface area contributed by atoms with Crippen LogP contribution in [-0.2, 0) is 0 Å². The smallest absolute Gasteiger partial charge is 0.269 e. The molecular weight excluding hydrogens is 302 g/mol. The first kappa shape index (κ1) is 14.3. The topological polar surface area (TPSA) is 67.5 Å². The fourth-order valence-corrected chi connectivity index (χ4v) is 2.46. The minimum atomic E-state index is -0.423. The van der Waals surface area contributed by atoms with Gasteiger partial charge in [-0.25, -0.2) is 0 Å². The summed E-state index contributed by atoms with van der Waals surface area (Å²) in [7, 11) is 0. The van der Waals surface area contributed by atoms with Gasteiger partial charge >= 0.3 is 0 Å². The van der Waals surface area contributed by atoms with Crippen LogP contribution in [0.4, 0.5) is 5.69 Å². The van der Waals surface area contributed by atoms with E-state index in [-0.39, 0.29) is 5.69 Å². The molecule has 2 aromatic carbocycles. The first-order valence-corrected chi connectivity index (χ1v) is 6.99. The Morgan fingerprint density at radius 2 is 1.91 bits per heavy atom. The zero-order valence-corrected chi connectivity index (χ0v) is 12.5. The number of nitrogens with one attached hydrogen (secondary N) is 1. The Balaban J connectivity index is 2.12. The Kier molecular flexibility index (Phi) is 3.65. The fraction of sp³-hybridized carbons (Fsp3) is 0.0625. The highest BCUT2D eigenvalue weighted by molar-refractivity contribution is 6.31. The summed E-state index contributed by atoms with van der Waals surface area (Å²) in [6.07, 6.45) is 1.98. The number of rotatable bonds is 2. The van der Waals surface area contributed by atoms with Crippen LogP contribution in [0.15, 0.2) is 53.3 Å². The first-order chi connectivity index (χ1) is 10.5. The second-order valence-corrected chi connectivity index (χ2v) is 5.37. The van der Waals surface area contributed by atoms with Crippen molar-refractivity contribution in [3.05, 3.63) is 80.0 Å². The van der Waals surface area contributed by atoms with Crippen molar-refractivity contribution in [1.29, 1.82) is 0 Å². The number of benzene rings is 2. The number of hydrogen-bond donors (Lipinski definition) is 1. The van der Waals surface area contributed by atoms with Crippen LogP contribution in [0.25, 0.3) is 6.08 Å². The third-order valence-electron chi connectivity index (χ3n) is 3.34. The number of nitrogens with zero attached hydrogens (tertiary/aromatic N) is 2. The van der Waals surface area contributed by atoms with Gasteiger partial charge in [0.25, 0.3) is 5.69 Å². The molecule has 22 heavy (non-hydrogen) atoms. The van der Waals surface area contributed by atoms with Gasteiger partial charge in [0, 0.05) is 34.0 Å². The average molecular weight is 314 g/mol. The third-order valence-corrected chi connectivity index (χ3v) is 3.57. The number of halogens is 1. The van der Waals surface area contributed by atoms with Crippen molar-refractivity contribution in [3.8, 4) is 0 Å². The zero-order valence-electron chi connectivity index (χ0n) is 11.7. The molecule has 0 aromatic heterocycles. The highest BCUT2D eigenvalue weighted by Gasteiger charge is 2.16. The fourth-order valence-electron chi connectivity index (χ4n) is 2.29. The van der Waals surface area contributed by atoms with Gasteiger partial charge in [-0.05, 0) is 42.8 Å². The molecule has 0 bridgehead atoms. The van der Waals surface area contributed by atoms with Crippen LogP contribution in [0.1, 0.15) is 23.6 Å². The highest BCUT2D eigenvalue weighted by Crippen LogP contribution is 2.24. The normalized spacial score (nSPS) is 13.4. The number of nitro groups is 1. The highest BCUT2D eigenvalue weighted by atomic mass is 35.5. The Hall–Kier alpha value is -2.66. The molecule has 1 aliphatic rings. The van der Waals surface area contributed by atoms with Crippen molar-refractivity contribution in [2.24, 2.45) is 5.10 Å². The summed E-state index contributed by atoms with van der Waals surface area (Å²) in [5.74, 6) is 0. The molecule has 0 radical (unpaired) electrons. The molecule has 0 unspecified atom stereocenters. The van der Waals surface area contributed by atoms with Crippen molar-refractivity contribution in [2.45, 2.75) is 6.92 Å². The number of non-ortho nitro benzene ring substituents is 1. The van der Waals surface area contributed by atoms with Crippen LogP contribution < -0.4 is 5.43 Å². The van der Waals surface area contributed by atoms with Gasteiger partial charge in [-0.1, -0.05) is 17.7 Å². The van der Waals surface area contributed by atoms with Crippen LogP contribution >= 0.6 is 11.6 Å². The van der Waals surface area contributed by atoms with Gasteiger partial charge in [0.1, 0.15) is 0 Å². The summed E-state index contributed by atoms with van der Waals surface area (Å²) < 4.78 is 0. The molecule has 0 saturated carbocycles. The summed E-state index contributed by atoms with van der Waals surface area (Å²) >= 11 is 6.10. The molecule has 0 amide bonds. The number of allylic oxidation sites excluding steroid dienone is 1.